The van der Waals surface area contributed by atoms with Gasteiger partial charge in [0.1, 0.15) is 30.0 Å². The molecule has 13 nitrogen and oxygen atoms in total. The minimum Gasteiger partial charge on any atom is -0.495 e. The van der Waals surface area contributed by atoms with Gasteiger partial charge in [-0.15, -0.1) is 0 Å². The number of hydrogen-bond acceptors (Lipinski definition) is 8. The minimum absolute atomic E-state index is 0.0381. The standard InChI is InChI=1S/C39H51ClN6O7/c1-8-39(6)22-42-35(48)28(19-25-14-17-31(51-7)27(40)18-25)44-32(47)11-9-10-30(52-36(49)29(45-37(39)50)20-38(3,4)5)23(2)33-34(53-33)26-15-12-24(13-16-26)21-43-46-41/h9,11-18,23,28-30,33-34H,8,10,19-22H2,1-7H3,(H,42,48)(H,44,47)(H,45,50)/b11-9+/t23-,28+,29-,30-,33+,34+,39?/m0/s1. The van der Waals surface area contributed by atoms with Gasteiger partial charge in [0.25, 0.3) is 0 Å². The maximum absolute atomic E-state index is 14.0. The number of esters is 1. The van der Waals surface area contributed by atoms with E-state index >= 15 is 0 Å². The van der Waals surface area contributed by atoms with Crippen LogP contribution in [0.15, 0.2) is 59.7 Å². The molecular weight excluding hydrogens is 700 g/mol. The van der Waals surface area contributed by atoms with Crippen LogP contribution in [0.2, 0.25) is 5.02 Å². The van der Waals surface area contributed by atoms with Gasteiger partial charge < -0.3 is 30.2 Å². The molecule has 0 bridgehead atoms. The summed E-state index contributed by atoms with van der Waals surface area (Å²) in [6, 6.07) is 10.8. The predicted octanol–water partition coefficient (Wildman–Crippen LogP) is 6.29. The number of methoxy groups -OCH3 is 1. The number of cyclic esters (lactones) is 1. The summed E-state index contributed by atoms with van der Waals surface area (Å²) in [5.41, 5.74) is 9.70. The molecule has 7 atom stereocenters. The first-order valence-corrected chi connectivity index (χ1v) is 18.3. The van der Waals surface area contributed by atoms with Crippen molar-refractivity contribution in [1.82, 2.24) is 16.0 Å². The highest BCUT2D eigenvalue weighted by Gasteiger charge is 2.48. The summed E-state index contributed by atoms with van der Waals surface area (Å²) >= 11 is 6.36. The van der Waals surface area contributed by atoms with Crippen LogP contribution in [0.1, 0.15) is 83.6 Å². The Bertz CT molecular complexity index is 1720. The fourth-order valence-corrected chi connectivity index (χ4v) is 6.53. The van der Waals surface area contributed by atoms with Gasteiger partial charge in [0, 0.05) is 30.2 Å². The highest BCUT2D eigenvalue weighted by atomic mass is 35.5. The molecule has 4 rings (SSSR count). The second-order valence-electron chi connectivity index (χ2n) is 15.3. The Morgan fingerprint density at radius 2 is 1.77 bits per heavy atom. The van der Waals surface area contributed by atoms with Crippen LogP contribution in [0.25, 0.3) is 10.4 Å². The van der Waals surface area contributed by atoms with Crippen LogP contribution in [0, 0.1) is 16.7 Å². The summed E-state index contributed by atoms with van der Waals surface area (Å²) in [7, 11) is 1.51. The third kappa shape index (κ3) is 11.5. The molecule has 0 aliphatic carbocycles. The Labute approximate surface area is 316 Å². The van der Waals surface area contributed by atoms with Gasteiger partial charge in [-0.3, -0.25) is 14.4 Å². The van der Waals surface area contributed by atoms with Crippen molar-refractivity contribution >= 4 is 35.3 Å². The zero-order valence-corrected chi connectivity index (χ0v) is 32.2. The Hall–Kier alpha value is -4.58. The van der Waals surface area contributed by atoms with E-state index in [2.05, 4.69) is 26.0 Å². The van der Waals surface area contributed by atoms with Crippen molar-refractivity contribution in [2.45, 2.75) is 104 Å². The number of nitrogens with one attached hydrogen (secondary N) is 3. The van der Waals surface area contributed by atoms with E-state index in [0.29, 0.717) is 29.2 Å². The van der Waals surface area contributed by atoms with Gasteiger partial charge in [0.2, 0.25) is 17.7 Å². The summed E-state index contributed by atoms with van der Waals surface area (Å²) in [5, 5.41) is 12.6. The molecule has 1 saturated heterocycles. The third-order valence-corrected chi connectivity index (χ3v) is 10.1. The number of amides is 3. The maximum Gasteiger partial charge on any atom is 0.328 e. The van der Waals surface area contributed by atoms with Gasteiger partial charge in [-0.1, -0.05) is 87.7 Å². The zero-order valence-electron chi connectivity index (χ0n) is 31.5. The number of nitrogens with zero attached hydrogens (tertiary/aromatic N) is 3. The van der Waals surface area contributed by atoms with Crippen molar-refractivity contribution < 1.29 is 33.4 Å². The average molecular weight is 751 g/mol. The molecule has 2 aromatic rings. The highest BCUT2D eigenvalue weighted by Crippen LogP contribution is 2.45. The van der Waals surface area contributed by atoms with Crippen LogP contribution in [0.4, 0.5) is 0 Å². The second-order valence-corrected chi connectivity index (χ2v) is 15.7. The lowest BCUT2D eigenvalue weighted by atomic mass is 9.84. The van der Waals surface area contributed by atoms with Crippen molar-refractivity contribution in [2.24, 2.45) is 21.9 Å². The number of epoxide rings is 1. The lowest BCUT2D eigenvalue weighted by Gasteiger charge is -2.33. The molecule has 2 aliphatic rings. The van der Waals surface area contributed by atoms with Crippen LogP contribution in [-0.4, -0.2) is 61.6 Å². The number of halogens is 1. The summed E-state index contributed by atoms with van der Waals surface area (Å²) < 4.78 is 17.6. The molecule has 3 amide bonds. The summed E-state index contributed by atoms with van der Waals surface area (Å²) in [5.74, 6) is -1.80. The SMILES string of the molecule is CCC1(C)CNC(=O)[C@@H](Cc2ccc(OC)c(Cl)c2)NC(=O)/C=C/C[C@@H]([C@H](C)[C@H]2O[C@@H]2c2ccc(CN=[N+]=[N-])cc2)OC(=O)[C@H](CC(C)(C)C)NC1=O. The molecule has 53 heavy (non-hydrogen) atoms. The van der Waals surface area contributed by atoms with Crippen LogP contribution < -0.4 is 20.7 Å². The molecule has 2 aliphatic heterocycles. The van der Waals surface area contributed by atoms with Crippen LogP contribution in [0.3, 0.4) is 0 Å². The molecule has 0 spiro atoms. The fraction of sp³-hybridized carbons (Fsp3) is 0.538. The van der Waals surface area contributed by atoms with E-state index in [4.69, 9.17) is 31.3 Å². The summed E-state index contributed by atoms with van der Waals surface area (Å²) in [6.45, 7) is 11.6. The van der Waals surface area contributed by atoms with Crippen molar-refractivity contribution in [3.63, 3.8) is 0 Å². The van der Waals surface area contributed by atoms with Crippen molar-refractivity contribution in [3.8, 4) is 5.75 Å². The topological polar surface area (TPSA) is 184 Å². The van der Waals surface area contributed by atoms with Crippen molar-refractivity contribution in [2.75, 3.05) is 13.7 Å². The van der Waals surface area contributed by atoms with E-state index in [1.165, 1.54) is 13.2 Å². The molecule has 1 fully saturated rings. The fourth-order valence-electron chi connectivity index (χ4n) is 6.25. The average Bonchev–Trinajstić information content (AvgIpc) is 3.92. The van der Waals surface area contributed by atoms with E-state index < -0.39 is 47.3 Å². The van der Waals surface area contributed by atoms with Crippen molar-refractivity contribution in [3.05, 3.63) is 86.8 Å². The molecule has 0 saturated carbocycles. The first-order valence-electron chi connectivity index (χ1n) is 17.9. The highest BCUT2D eigenvalue weighted by molar-refractivity contribution is 6.32. The monoisotopic (exact) mass is 750 g/mol. The molecular formula is C39H51ClN6O7. The number of hydrogen-bond donors (Lipinski definition) is 3. The number of carbonyl (C=O) groups is 4. The van der Waals surface area contributed by atoms with Gasteiger partial charge in [-0.25, -0.2) is 4.79 Å². The Balaban J connectivity index is 1.63. The molecule has 286 valence electrons. The first-order chi connectivity index (χ1) is 25.1. The smallest absolute Gasteiger partial charge is 0.328 e. The van der Waals surface area contributed by atoms with E-state index in [1.54, 1.807) is 31.2 Å². The Kier molecular flexibility index (Phi) is 14.0. The summed E-state index contributed by atoms with van der Waals surface area (Å²) in [6.07, 6.45) is 2.67. The van der Waals surface area contributed by atoms with E-state index in [1.807, 2.05) is 58.9 Å². The number of carbonyl (C=O) groups excluding carboxylic acids is 4. The molecule has 14 heteroatoms. The number of azide groups is 1. The number of ether oxygens (including phenoxy) is 3. The van der Waals surface area contributed by atoms with Crippen LogP contribution in [-0.2, 0) is 41.6 Å². The third-order valence-electron chi connectivity index (χ3n) is 9.84. The van der Waals surface area contributed by atoms with Crippen LogP contribution in [0.5, 0.6) is 5.75 Å². The largest absolute Gasteiger partial charge is 0.495 e. The minimum atomic E-state index is -1.08. The predicted molar refractivity (Wildman–Crippen MR) is 201 cm³/mol. The van der Waals surface area contributed by atoms with Gasteiger partial charge in [0.15, 0.2) is 0 Å². The Morgan fingerprint density at radius 3 is 2.40 bits per heavy atom. The van der Waals surface area contributed by atoms with Gasteiger partial charge in [-0.2, -0.15) is 0 Å². The molecule has 1 unspecified atom stereocenters. The lowest BCUT2D eigenvalue weighted by Crippen LogP contribution is -2.55. The summed E-state index contributed by atoms with van der Waals surface area (Å²) in [4.78, 5) is 57.7. The van der Waals surface area contributed by atoms with Crippen LogP contribution >= 0.6 is 11.6 Å². The quantitative estimate of drug-likeness (QED) is 0.0838. The van der Waals surface area contributed by atoms with Gasteiger partial charge >= 0.3 is 5.97 Å². The lowest BCUT2D eigenvalue weighted by molar-refractivity contribution is -0.157. The first kappa shape index (κ1) is 41.2. The number of rotatable bonds is 10. The molecule has 0 aromatic heterocycles. The van der Waals surface area contributed by atoms with E-state index in [9.17, 15) is 19.2 Å². The van der Waals surface area contributed by atoms with E-state index in [-0.39, 0.29) is 49.5 Å². The second kappa shape index (κ2) is 18.0. The molecule has 3 N–H and O–H groups in total. The molecule has 2 heterocycles. The normalized spacial score (nSPS) is 26.9. The van der Waals surface area contributed by atoms with E-state index in [0.717, 1.165) is 11.1 Å². The Morgan fingerprint density at radius 1 is 1.08 bits per heavy atom. The van der Waals surface area contributed by atoms with Gasteiger partial charge in [0.05, 0.1) is 30.2 Å². The van der Waals surface area contributed by atoms with Crippen molar-refractivity contribution in [1.29, 1.82) is 0 Å². The molecule has 0 radical (unpaired) electrons. The molecule has 2 aromatic carbocycles. The van der Waals surface area contributed by atoms with Gasteiger partial charge in [-0.05, 0) is 65.6 Å². The number of benzene rings is 2. The maximum atomic E-state index is 14.0. The zero-order chi connectivity index (χ0) is 38.9.